The molecule has 1 rings (SSSR count). The van der Waals surface area contributed by atoms with Crippen LogP contribution in [-0.4, -0.2) is 24.4 Å². The van der Waals surface area contributed by atoms with Crippen molar-refractivity contribution >= 4 is 6.34 Å². The van der Waals surface area contributed by atoms with Gasteiger partial charge >= 0.3 is 0 Å². The first-order chi connectivity index (χ1) is 10.8. The molecule has 0 fully saturated rings. The lowest BCUT2D eigenvalue weighted by Gasteiger charge is -2.21. The van der Waals surface area contributed by atoms with Gasteiger partial charge in [0.1, 0.15) is 6.20 Å². The molecule has 128 valence electrons. The van der Waals surface area contributed by atoms with E-state index in [2.05, 4.69) is 25.2 Å². The molecule has 0 saturated carbocycles. The topological polar surface area (TPSA) is 12.4 Å². The molecule has 0 aromatic rings. The fourth-order valence-corrected chi connectivity index (χ4v) is 3.20. The van der Waals surface area contributed by atoms with Gasteiger partial charge in [0, 0.05) is 0 Å². The number of hydrogen-bond acceptors (Lipinski definition) is 1. The van der Waals surface area contributed by atoms with Crippen LogP contribution in [0, 0.1) is 0 Å². The SMILES string of the molecule is CCCCCCCCCCCCCCCC[N+]1(C)C=CN=C1. The monoisotopic (exact) mass is 307 g/mol. The van der Waals surface area contributed by atoms with Crippen LogP contribution in [0.4, 0.5) is 0 Å². The minimum atomic E-state index is 0.901. The molecule has 0 aliphatic carbocycles. The van der Waals surface area contributed by atoms with E-state index < -0.39 is 0 Å². The summed E-state index contributed by atoms with van der Waals surface area (Å²) in [5, 5.41) is 0. The van der Waals surface area contributed by atoms with Crippen molar-refractivity contribution in [2.45, 2.75) is 96.8 Å². The fourth-order valence-electron chi connectivity index (χ4n) is 3.20. The van der Waals surface area contributed by atoms with Crippen molar-refractivity contribution in [1.29, 1.82) is 0 Å². The molecule has 1 atom stereocenters. The lowest BCUT2D eigenvalue weighted by molar-refractivity contribution is -0.756. The highest BCUT2D eigenvalue weighted by Gasteiger charge is 2.18. The molecule has 0 N–H and O–H groups in total. The minimum absolute atomic E-state index is 0.901. The first-order valence-corrected chi connectivity index (χ1v) is 9.84. The molecule has 0 radical (unpaired) electrons. The third kappa shape index (κ3) is 10.2. The van der Waals surface area contributed by atoms with E-state index in [1.165, 1.54) is 96.4 Å². The highest BCUT2D eigenvalue weighted by molar-refractivity contribution is 5.50. The van der Waals surface area contributed by atoms with Crippen molar-refractivity contribution in [3.05, 3.63) is 12.4 Å². The predicted octanol–water partition coefficient (Wildman–Crippen LogP) is 6.43. The average molecular weight is 308 g/mol. The number of unbranched alkanes of at least 4 members (excludes halogenated alkanes) is 13. The molecule has 1 unspecified atom stereocenters. The minimum Gasteiger partial charge on any atom is -0.256 e. The second-order valence-electron chi connectivity index (χ2n) is 7.23. The molecule has 2 nitrogen and oxygen atoms in total. The fraction of sp³-hybridized carbons (Fsp3) is 0.850. The van der Waals surface area contributed by atoms with Crippen LogP contribution in [0.25, 0.3) is 0 Å². The summed E-state index contributed by atoms with van der Waals surface area (Å²) in [4.78, 5) is 4.19. The maximum absolute atomic E-state index is 4.19. The van der Waals surface area contributed by atoms with Crippen LogP contribution >= 0.6 is 0 Å². The Morgan fingerprint density at radius 2 is 1.14 bits per heavy atom. The number of rotatable bonds is 15. The van der Waals surface area contributed by atoms with Crippen LogP contribution in [0.15, 0.2) is 17.4 Å². The zero-order valence-corrected chi connectivity index (χ0v) is 15.2. The van der Waals surface area contributed by atoms with Gasteiger partial charge < -0.3 is 0 Å². The molecule has 0 bridgehead atoms. The molecule has 0 aromatic carbocycles. The van der Waals surface area contributed by atoms with E-state index >= 15 is 0 Å². The molecule has 0 aromatic heterocycles. The Balaban J connectivity index is 1.73. The van der Waals surface area contributed by atoms with Crippen LogP contribution in [0.1, 0.15) is 96.8 Å². The third-order valence-corrected chi connectivity index (χ3v) is 4.82. The van der Waals surface area contributed by atoms with E-state index in [4.69, 9.17) is 0 Å². The Kier molecular flexibility index (Phi) is 11.4. The van der Waals surface area contributed by atoms with Crippen molar-refractivity contribution in [2.75, 3.05) is 13.6 Å². The summed E-state index contributed by atoms with van der Waals surface area (Å²) in [5.41, 5.74) is 0. The molecule has 1 heterocycles. The quantitative estimate of drug-likeness (QED) is 0.244. The van der Waals surface area contributed by atoms with Gasteiger partial charge in [-0.25, -0.2) is 4.99 Å². The van der Waals surface area contributed by atoms with Crippen LogP contribution in [0.3, 0.4) is 0 Å². The normalized spacial score (nSPS) is 20.1. The van der Waals surface area contributed by atoms with Crippen molar-refractivity contribution in [2.24, 2.45) is 4.99 Å². The Morgan fingerprint density at radius 1 is 0.682 bits per heavy atom. The van der Waals surface area contributed by atoms with Crippen LogP contribution < -0.4 is 0 Å². The van der Waals surface area contributed by atoms with Gasteiger partial charge in [-0.15, -0.1) is 0 Å². The summed E-state index contributed by atoms with van der Waals surface area (Å²) < 4.78 is 0.901. The van der Waals surface area contributed by atoms with Gasteiger partial charge in [0.15, 0.2) is 6.34 Å². The van der Waals surface area contributed by atoms with Crippen LogP contribution in [0.2, 0.25) is 0 Å². The summed E-state index contributed by atoms with van der Waals surface area (Å²) in [6, 6.07) is 0. The van der Waals surface area contributed by atoms with Crippen molar-refractivity contribution < 1.29 is 4.48 Å². The second-order valence-corrected chi connectivity index (χ2v) is 7.23. The van der Waals surface area contributed by atoms with Gasteiger partial charge in [-0.3, -0.25) is 4.48 Å². The maximum atomic E-state index is 4.19. The van der Waals surface area contributed by atoms with Crippen molar-refractivity contribution in [1.82, 2.24) is 0 Å². The zero-order valence-electron chi connectivity index (χ0n) is 15.2. The summed E-state index contributed by atoms with van der Waals surface area (Å²) in [5.74, 6) is 0. The lowest BCUT2D eigenvalue weighted by atomic mass is 10.0. The lowest BCUT2D eigenvalue weighted by Crippen LogP contribution is -2.35. The van der Waals surface area contributed by atoms with Gasteiger partial charge in [0.25, 0.3) is 0 Å². The Hall–Kier alpha value is -0.630. The van der Waals surface area contributed by atoms with Crippen molar-refractivity contribution in [3.63, 3.8) is 0 Å². The van der Waals surface area contributed by atoms with E-state index in [1.54, 1.807) is 0 Å². The van der Waals surface area contributed by atoms with Gasteiger partial charge in [0.05, 0.1) is 19.8 Å². The zero-order chi connectivity index (χ0) is 15.9. The highest BCUT2D eigenvalue weighted by Crippen LogP contribution is 2.14. The number of hydrogen-bond donors (Lipinski definition) is 0. The Bertz CT molecular complexity index is 295. The summed E-state index contributed by atoms with van der Waals surface area (Å²) in [6.45, 7) is 3.50. The van der Waals surface area contributed by atoms with Gasteiger partial charge in [-0.1, -0.05) is 84.0 Å². The van der Waals surface area contributed by atoms with E-state index in [0.717, 1.165) is 4.48 Å². The van der Waals surface area contributed by atoms with E-state index in [9.17, 15) is 0 Å². The van der Waals surface area contributed by atoms with E-state index in [-0.39, 0.29) is 0 Å². The smallest absolute Gasteiger partial charge is 0.194 e. The second kappa shape index (κ2) is 12.9. The summed E-state index contributed by atoms with van der Waals surface area (Å²) >= 11 is 0. The molecule has 2 heteroatoms. The van der Waals surface area contributed by atoms with Gasteiger partial charge in [-0.2, -0.15) is 0 Å². The standard InChI is InChI=1S/C20H39N2/c1-3-4-5-6-7-8-9-10-11-12-13-14-15-16-18-22(2)19-17-21-20-22/h17,19-20H,3-16,18H2,1-2H3/q+1. The average Bonchev–Trinajstić information content (AvgIpc) is 2.94. The predicted molar refractivity (Wildman–Crippen MR) is 99.0 cm³/mol. The van der Waals surface area contributed by atoms with E-state index in [0.29, 0.717) is 0 Å². The maximum Gasteiger partial charge on any atom is 0.194 e. The Labute approximate surface area is 139 Å². The largest absolute Gasteiger partial charge is 0.256 e. The molecule has 1 aliphatic rings. The van der Waals surface area contributed by atoms with Crippen LogP contribution in [-0.2, 0) is 0 Å². The molecular formula is C20H39N2+. The summed E-state index contributed by atoms with van der Waals surface area (Å²) in [6.07, 6.45) is 26.2. The third-order valence-electron chi connectivity index (χ3n) is 4.82. The highest BCUT2D eigenvalue weighted by atomic mass is 15.3. The molecule has 22 heavy (non-hydrogen) atoms. The molecular weight excluding hydrogens is 268 g/mol. The molecule has 0 amide bonds. The molecule has 1 aliphatic heterocycles. The summed E-state index contributed by atoms with van der Waals surface area (Å²) in [7, 11) is 2.23. The number of aliphatic imine (C=N–C) groups is 1. The van der Waals surface area contributed by atoms with Crippen molar-refractivity contribution in [3.8, 4) is 0 Å². The number of quaternary nitrogens is 1. The Morgan fingerprint density at radius 3 is 1.55 bits per heavy atom. The van der Waals surface area contributed by atoms with Crippen LogP contribution in [0.5, 0.6) is 0 Å². The van der Waals surface area contributed by atoms with E-state index in [1.807, 2.05) is 12.5 Å². The molecule has 0 saturated heterocycles. The molecule has 0 spiro atoms. The van der Waals surface area contributed by atoms with Gasteiger partial charge in [0.2, 0.25) is 0 Å². The first-order valence-electron chi connectivity index (χ1n) is 9.84. The first kappa shape index (κ1) is 19.4. The number of nitrogens with zero attached hydrogens (tertiary/aromatic N) is 2. The van der Waals surface area contributed by atoms with Gasteiger partial charge in [-0.05, 0) is 12.8 Å².